The molecule has 0 spiro atoms. The summed E-state index contributed by atoms with van der Waals surface area (Å²) in [7, 11) is 3.20. The van der Waals surface area contributed by atoms with Gasteiger partial charge in [0.2, 0.25) is 0 Å². The van der Waals surface area contributed by atoms with Crippen LogP contribution in [0.4, 0.5) is 0 Å². The Morgan fingerprint density at radius 3 is 2.75 bits per heavy atom. The van der Waals surface area contributed by atoms with E-state index < -0.39 is 0 Å². The van der Waals surface area contributed by atoms with E-state index >= 15 is 0 Å². The third-order valence-corrected chi connectivity index (χ3v) is 3.74. The predicted octanol–water partition coefficient (Wildman–Crippen LogP) is 3.04. The van der Waals surface area contributed by atoms with Crippen molar-refractivity contribution in [2.75, 3.05) is 20.8 Å². The molecule has 3 rings (SSSR count). The summed E-state index contributed by atoms with van der Waals surface area (Å²) < 4.78 is 10.9. The zero-order valence-electron chi connectivity index (χ0n) is 13.6. The number of ether oxygens (including phenoxy) is 2. The van der Waals surface area contributed by atoms with Gasteiger partial charge in [-0.15, -0.1) is 0 Å². The van der Waals surface area contributed by atoms with Crippen LogP contribution >= 0.6 is 0 Å². The molecule has 1 heterocycles. The largest absolute Gasteiger partial charge is 0.495 e. The Bertz CT molecular complexity index is 877. The topological polar surface area (TPSA) is 60.5 Å². The number of hydrogen-bond donors (Lipinski definition) is 1. The van der Waals surface area contributed by atoms with Gasteiger partial charge in [-0.3, -0.25) is 9.78 Å². The van der Waals surface area contributed by atoms with Gasteiger partial charge in [-0.1, -0.05) is 24.3 Å². The van der Waals surface area contributed by atoms with Crippen LogP contribution in [0.15, 0.2) is 54.9 Å². The average molecular weight is 322 g/mol. The van der Waals surface area contributed by atoms with Gasteiger partial charge in [-0.05, 0) is 34.5 Å². The Morgan fingerprint density at radius 1 is 1.12 bits per heavy atom. The normalized spacial score (nSPS) is 10.4. The molecule has 0 radical (unpaired) electrons. The number of methoxy groups -OCH3 is 1. The van der Waals surface area contributed by atoms with Gasteiger partial charge in [0.05, 0.1) is 13.3 Å². The van der Waals surface area contributed by atoms with Crippen LogP contribution in [-0.2, 0) is 4.79 Å². The predicted molar refractivity (Wildman–Crippen MR) is 93.3 cm³/mol. The molecule has 3 aromatic rings. The molecule has 0 aliphatic heterocycles. The molecule has 1 aromatic heterocycles. The van der Waals surface area contributed by atoms with Crippen molar-refractivity contribution in [2.24, 2.45) is 0 Å². The molecule has 0 saturated heterocycles. The Balaban J connectivity index is 2.08. The number of fused-ring (bicyclic) bond motifs is 1. The monoisotopic (exact) mass is 322 g/mol. The van der Waals surface area contributed by atoms with Crippen LogP contribution in [0.1, 0.15) is 0 Å². The van der Waals surface area contributed by atoms with Gasteiger partial charge in [0.1, 0.15) is 11.5 Å². The highest BCUT2D eigenvalue weighted by atomic mass is 16.5. The van der Waals surface area contributed by atoms with E-state index in [-0.39, 0.29) is 12.5 Å². The number of pyridine rings is 1. The first-order chi connectivity index (χ1) is 11.7. The number of nitrogens with one attached hydrogen (secondary N) is 1. The minimum absolute atomic E-state index is 0.0232. The van der Waals surface area contributed by atoms with Crippen molar-refractivity contribution in [2.45, 2.75) is 0 Å². The highest BCUT2D eigenvalue weighted by Gasteiger charge is 2.09. The van der Waals surface area contributed by atoms with E-state index in [9.17, 15) is 4.79 Å². The second kappa shape index (κ2) is 7.00. The van der Waals surface area contributed by atoms with Gasteiger partial charge in [0.15, 0.2) is 6.61 Å². The van der Waals surface area contributed by atoms with Crippen molar-refractivity contribution in [3.63, 3.8) is 0 Å². The lowest BCUT2D eigenvalue weighted by Crippen LogP contribution is -2.24. The summed E-state index contributed by atoms with van der Waals surface area (Å²) in [6.45, 7) is -0.0232. The number of hydrogen-bond acceptors (Lipinski definition) is 4. The lowest BCUT2D eigenvalue weighted by atomic mass is 9.99. The van der Waals surface area contributed by atoms with Crippen molar-refractivity contribution in [3.05, 3.63) is 54.9 Å². The van der Waals surface area contributed by atoms with Gasteiger partial charge in [-0.25, -0.2) is 0 Å². The molecular weight excluding hydrogens is 304 g/mol. The van der Waals surface area contributed by atoms with E-state index in [1.54, 1.807) is 26.6 Å². The zero-order valence-corrected chi connectivity index (χ0v) is 13.6. The Morgan fingerprint density at radius 2 is 1.96 bits per heavy atom. The Hall–Kier alpha value is -3.08. The Kier molecular flexibility index (Phi) is 4.61. The quantitative estimate of drug-likeness (QED) is 0.784. The fraction of sp³-hybridized carbons (Fsp3) is 0.158. The molecule has 24 heavy (non-hydrogen) atoms. The molecule has 0 atom stereocenters. The zero-order chi connectivity index (χ0) is 16.9. The van der Waals surface area contributed by atoms with Crippen molar-refractivity contribution in [1.82, 2.24) is 10.3 Å². The molecule has 1 amide bonds. The summed E-state index contributed by atoms with van der Waals surface area (Å²) in [6.07, 6.45) is 3.45. The first kappa shape index (κ1) is 15.8. The number of carbonyl (C=O) groups is 1. The smallest absolute Gasteiger partial charge is 0.257 e. The molecule has 0 unspecified atom stereocenters. The molecule has 2 aromatic carbocycles. The highest BCUT2D eigenvalue weighted by Crippen LogP contribution is 2.34. The first-order valence-corrected chi connectivity index (χ1v) is 7.57. The molecule has 0 fully saturated rings. The summed E-state index contributed by atoms with van der Waals surface area (Å²) in [6, 6.07) is 13.8. The molecule has 5 heteroatoms. The van der Waals surface area contributed by atoms with Crippen LogP contribution in [0, 0.1) is 0 Å². The number of benzene rings is 2. The van der Waals surface area contributed by atoms with E-state index in [0.29, 0.717) is 11.5 Å². The van der Waals surface area contributed by atoms with E-state index in [0.717, 1.165) is 21.9 Å². The fourth-order valence-electron chi connectivity index (χ4n) is 2.50. The third-order valence-electron chi connectivity index (χ3n) is 3.74. The average Bonchev–Trinajstić information content (AvgIpc) is 2.65. The number of nitrogens with zero attached hydrogens (tertiary/aromatic N) is 1. The molecule has 0 saturated carbocycles. The first-order valence-electron chi connectivity index (χ1n) is 7.57. The number of rotatable bonds is 5. The van der Waals surface area contributed by atoms with Gasteiger partial charge in [0, 0.05) is 18.8 Å². The number of likely N-dealkylation sites (N-methyl/N-ethyl adjacent to an activating group) is 1. The van der Waals surface area contributed by atoms with Crippen LogP contribution in [0.3, 0.4) is 0 Å². The van der Waals surface area contributed by atoms with Crippen LogP contribution in [-0.4, -0.2) is 31.7 Å². The number of carbonyl (C=O) groups excluding carboxylic acids is 1. The van der Waals surface area contributed by atoms with Crippen LogP contribution in [0.2, 0.25) is 0 Å². The maximum Gasteiger partial charge on any atom is 0.257 e. The second-order valence-electron chi connectivity index (χ2n) is 5.27. The second-order valence-corrected chi connectivity index (χ2v) is 5.27. The van der Waals surface area contributed by atoms with E-state index in [1.807, 2.05) is 42.5 Å². The minimum atomic E-state index is -0.173. The fourth-order valence-corrected chi connectivity index (χ4v) is 2.50. The van der Waals surface area contributed by atoms with Gasteiger partial charge in [0.25, 0.3) is 5.91 Å². The summed E-state index contributed by atoms with van der Waals surface area (Å²) in [5.74, 6) is 1.15. The molecule has 5 nitrogen and oxygen atoms in total. The van der Waals surface area contributed by atoms with Crippen LogP contribution in [0.5, 0.6) is 11.5 Å². The molecule has 1 N–H and O–H groups in total. The van der Waals surface area contributed by atoms with Gasteiger partial charge < -0.3 is 14.8 Å². The molecule has 0 bridgehead atoms. The van der Waals surface area contributed by atoms with Crippen molar-refractivity contribution in [1.29, 1.82) is 0 Å². The third kappa shape index (κ3) is 3.30. The van der Waals surface area contributed by atoms with E-state index in [1.165, 1.54) is 0 Å². The standard InChI is InChI=1S/C19H18N2O3/c1-20-19(22)12-24-15-7-13-5-3-4-6-17(13)18(9-15)14-8-16(23-2)11-21-10-14/h3-11H,12H2,1-2H3,(H,20,22). The van der Waals surface area contributed by atoms with Gasteiger partial charge in [-0.2, -0.15) is 0 Å². The minimum Gasteiger partial charge on any atom is -0.495 e. The number of amides is 1. The highest BCUT2D eigenvalue weighted by molar-refractivity contribution is 5.98. The summed E-state index contributed by atoms with van der Waals surface area (Å²) in [4.78, 5) is 15.7. The molecule has 122 valence electrons. The summed E-state index contributed by atoms with van der Waals surface area (Å²) in [5, 5.41) is 4.66. The van der Waals surface area contributed by atoms with E-state index in [4.69, 9.17) is 9.47 Å². The van der Waals surface area contributed by atoms with Crippen molar-refractivity contribution >= 4 is 16.7 Å². The maximum absolute atomic E-state index is 11.4. The SMILES string of the molecule is CNC(=O)COc1cc(-c2cncc(OC)c2)c2ccccc2c1. The lowest BCUT2D eigenvalue weighted by molar-refractivity contribution is -0.122. The lowest BCUT2D eigenvalue weighted by Gasteiger charge is -2.12. The summed E-state index contributed by atoms with van der Waals surface area (Å²) >= 11 is 0. The van der Waals surface area contributed by atoms with Crippen LogP contribution in [0.25, 0.3) is 21.9 Å². The maximum atomic E-state index is 11.4. The Labute approximate surface area is 140 Å². The molecule has 0 aliphatic carbocycles. The summed E-state index contributed by atoms with van der Waals surface area (Å²) in [5.41, 5.74) is 1.90. The van der Waals surface area contributed by atoms with E-state index in [2.05, 4.69) is 10.3 Å². The van der Waals surface area contributed by atoms with Crippen molar-refractivity contribution in [3.8, 4) is 22.6 Å². The number of aromatic nitrogens is 1. The van der Waals surface area contributed by atoms with Crippen molar-refractivity contribution < 1.29 is 14.3 Å². The molecular formula is C19H18N2O3. The van der Waals surface area contributed by atoms with Gasteiger partial charge >= 0.3 is 0 Å². The molecule has 0 aliphatic rings. The van der Waals surface area contributed by atoms with Crippen LogP contribution < -0.4 is 14.8 Å².